The molecule has 1 aromatic heterocycles. The molecule has 0 aliphatic carbocycles. The first-order chi connectivity index (χ1) is 10.0. The Morgan fingerprint density at radius 3 is 2.86 bits per heavy atom. The lowest BCUT2D eigenvalue weighted by molar-refractivity contribution is -0.122. The van der Waals surface area contributed by atoms with Crippen LogP contribution in [0.4, 0.5) is 0 Å². The van der Waals surface area contributed by atoms with Crippen molar-refractivity contribution >= 4 is 17.5 Å². The largest absolute Gasteiger partial charge is 0.493 e. The SMILES string of the molecule is Cc1ccc(C(C)NC(=O)CCOc2cccc(Cl)c2)o1. The van der Waals surface area contributed by atoms with E-state index in [0.29, 0.717) is 17.4 Å². The van der Waals surface area contributed by atoms with Crippen molar-refractivity contribution in [3.63, 3.8) is 0 Å². The summed E-state index contributed by atoms with van der Waals surface area (Å²) in [5.74, 6) is 2.15. The second-order valence-corrected chi connectivity index (χ2v) is 5.23. The lowest BCUT2D eigenvalue weighted by Gasteiger charge is -2.12. The van der Waals surface area contributed by atoms with Crippen molar-refractivity contribution < 1.29 is 13.9 Å². The van der Waals surface area contributed by atoms with Gasteiger partial charge in [-0.05, 0) is 44.2 Å². The van der Waals surface area contributed by atoms with Gasteiger partial charge in [-0.15, -0.1) is 0 Å². The molecular weight excluding hydrogens is 290 g/mol. The van der Waals surface area contributed by atoms with Crippen molar-refractivity contribution in [2.24, 2.45) is 0 Å². The Hall–Kier alpha value is -1.94. The van der Waals surface area contributed by atoms with Crippen molar-refractivity contribution in [1.29, 1.82) is 0 Å². The number of carbonyl (C=O) groups excluding carboxylic acids is 1. The zero-order chi connectivity index (χ0) is 15.2. The summed E-state index contributed by atoms with van der Waals surface area (Å²) < 4.78 is 11.0. The maximum atomic E-state index is 11.8. The van der Waals surface area contributed by atoms with E-state index in [4.69, 9.17) is 20.8 Å². The molecule has 0 fully saturated rings. The van der Waals surface area contributed by atoms with E-state index in [1.54, 1.807) is 24.3 Å². The van der Waals surface area contributed by atoms with Crippen LogP contribution in [0.5, 0.6) is 5.75 Å². The molecule has 0 aliphatic rings. The predicted octanol–water partition coefficient (Wildman–Crippen LogP) is 3.89. The number of ether oxygens (including phenoxy) is 1. The van der Waals surface area contributed by atoms with E-state index in [2.05, 4.69) is 5.32 Å². The monoisotopic (exact) mass is 307 g/mol. The topological polar surface area (TPSA) is 51.5 Å². The molecule has 0 saturated carbocycles. The van der Waals surface area contributed by atoms with Crippen LogP contribution in [0.2, 0.25) is 5.02 Å². The van der Waals surface area contributed by atoms with Crippen molar-refractivity contribution in [3.05, 3.63) is 52.9 Å². The molecule has 1 heterocycles. The molecule has 2 rings (SSSR count). The molecule has 0 bridgehead atoms. The molecule has 4 nitrogen and oxygen atoms in total. The lowest BCUT2D eigenvalue weighted by Crippen LogP contribution is -2.27. The van der Waals surface area contributed by atoms with Crippen LogP contribution in [0.25, 0.3) is 0 Å². The lowest BCUT2D eigenvalue weighted by atomic mass is 10.2. The molecule has 112 valence electrons. The first-order valence-electron chi connectivity index (χ1n) is 6.78. The number of hydrogen-bond donors (Lipinski definition) is 1. The second kappa shape index (κ2) is 7.18. The van der Waals surface area contributed by atoms with Gasteiger partial charge < -0.3 is 14.5 Å². The van der Waals surface area contributed by atoms with E-state index in [1.807, 2.05) is 26.0 Å². The summed E-state index contributed by atoms with van der Waals surface area (Å²) in [6.45, 7) is 4.06. The molecule has 0 saturated heterocycles. The standard InChI is InChI=1S/C16H18ClNO3/c1-11-6-7-15(21-11)12(2)18-16(19)8-9-20-14-5-3-4-13(17)10-14/h3-7,10,12H,8-9H2,1-2H3,(H,18,19). The van der Waals surface area contributed by atoms with Gasteiger partial charge in [-0.1, -0.05) is 17.7 Å². The highest BCUT2D eigenvalue weighted by molar-refractivity contribution is 6.30. The zero-order valence-electron chi connectivity index (χ0n) is 12.1. The molecule has 5 heteroatoms. The third-order valence-electron chi connectivity index (χ3n) is 2.96. The van der Waals surface area contributed by atoms with E-state index in [0.717, 1.165) is 11.5 Å². The molecule has 1 aromatic carbocycles. The third-order valence-corrected chi connectivity index (χ3v) is 3.19. The number of halogens is 1. The van der Waals surface area contributed by atoms with Crippen LogP contribution in [-0.2, 0) is 4.79 Å². The van der Waals surface area contributed by atoms with Gasteiger partial charge in [-0.2, -0.15) is 0 Å². The third kappa shape index (κ3) is 4.83. The fraction of sp³-hybridized carbons (Fsp3) is 0.312. The van der Waals surface area contributed by atoms with Crippen LogP contribution >= 0.6 is 11.6 Å². The molecule has 0 spiro atoms. The summed E-state index contributed by atoms with van der Waals surface area (Å²) in [5.41, 5.74) is 0. The Kier molecular flexibility index (Phi) is 5.28. The fourth-order valence-electron chi connectivity index (χ4n) is 1.89. The molecule has 1 atom stereocenters. The van der Waals surface area contributed by atoms with Gasteiger partial charge in [0, 0.05) is 5.02 Å². The van der Waals surface area contributed by atoms with Crippen LogP contribution in [0, 0.1) is 6.92 Å². The average molecular weight is 308 g/mol. The molecule has 0 radical (unpaired) electrons. The van der Waals surface area contributed by atoms with Crippen molar-refractivity contribution in [2.45, 2.75) is 26.3 Å². The molecular formula is C16H18ClNO3. The van der Waals surface area contributed by atoms with Crippen molar-refractivity contribution in [3.8, 4) is 5.75 Å². The number of carbonyl (C=O) groups is 1. The van der Waals surface area contributed by atoms with Gasteiger partial charge in [0.15, 0.2) is 0 Å². The zero-order valence-corrected chi connectivity index (χ0v) is 12.8. The Morgan fingerprint density at radius 1 is 1.38 bits per heavy atom. The Bertz CT molecular complexity index is 609. The van der Waals surface area contributed by atoms with E-state index >= 15 is 0 Å². The number of rotatable bonds is 6. The van der Waals surface area contributed by atoms with Crippen molar-refractivity contribution in [2.75, 3.05) is 6.61 Å². The minimum atomic E-state index is -0.155. The predicted molar refractivity (Wildman–Crippen MR) is 81.6 cm³/mol. The van der Waals surface area contributed by atoms with Gasteiger partial charge in [0.25, 0.3) is 0 Å². The second-order valence-electron chi connectivity index (χ2n) is 4.79. The Labute approximate surface area is 129 Å². The van der Waals surface area contributed by atoms with E-state index in [-0.39, 0.29) is 18.4 Å². The number of amides is 1. The number of benzene rings is 1. The summed E-state index contributed by atoms with van der Waals surface area (Å²) in [6, 6.07) is 10.7. The van der Waals surface area contributed by atoms with E-state index in [9.17, 15) is 4.79 Å². The van der Waals surface area contributed by atoms with Gasteiger partial charge in [0.05, 0.1) is 19.1 Å². The van der Waals surface area contributed by atoms with Gasteiger partial charge in [0.1, 0.15) is 17.3 Å². The molecule has 1 unspecified atom stereocenters. The number of furan rings is 1. The van der Waals surface area contributed by atoms with Gasteiger partial charge in [-0.25, -0.2) is 0 Å². The fourth-order valence-corrected chi connectivity index (χ4v) is 2.07. The van der Waals surface area contributed by atoms with Crippen molar-refractivity contribution in [1.82, 2.24) is 5.32 Å². The smallest absolute Gasteiger partial charge is 0.224 e. The van der Waals surface area contributed by atoms with Gasteiger partial charge in [-0.3, -0.25) is 4.79 Å². The summed E-state index contributed by atoms with van der Waals surface area (Å²) in [6.07, 6.45) is 0.274. The van der Waals surface area contributed by atoms with Gasteiger partial charge >= 0.3 is 0 Å². The summed E-state index contributed by atoms with van der Waals surface area (Å²) >= 11 is 5.86. The molecule has 21 heavy (non-hydrogen) atoms. The summed E-state index contributed by atoms with van der Waals surface area (Å²) in [4.78, 5) is 11.8. The average Bonchev–Trinajstić information content (AvgIpc) is 2.85. The Balaban J connectivity index is 1.75. The van der Waals surface area contributed by atoms with Crippen LogP contribution in [0.3, 0.4) is 0 Å². The van der Waals surface area contributed by atoms with Gasteiger partial charge in [0.2, 0.25) is 5.91 Å². The maximum absolute atomic E-state index is 11.8. The number of nitrogens with one attached hydrogen (secondary N) is 1. The maximum Gasteiger partial charge on any atom is 0.224 e. The molecule has 0 aliphatic heterocycles. The van der Waals surface area contributed by atoms with E-state index < -0.39 is 0 Å². The number of aryl methyl sites for hydroxylation is 1. The Morgan fingerprint density at radius 2 is 2.19 bits per heavy atom. The number of hydrogen-bond acceptors (Lipinski definition) is 3. The minimum absolute atomic E-state index is 0.0846. The van der Waals surface area contributed by atoms with Crippen LogP contribution in [0.1, 0.15) is 30.9 Å². The summed E-state index contributed by atoms with van der Waals surface area (Å²) in [5, 5.41) is 3.48. The van der Waals surface area contributed by atoms with Crippen LogP contribution in [-0.4, -0.2) is 12.5 Å². The molecule has 1 N–H and O–H groups in total. The first kappa shape index (κ1) is 15.4. The normalized spacial score (nSPS) is 12.0. The quantitative estimate of drug-likeness (QED) is 0.881. The highest BCUT2D eigenvalue weighted by Gasteiger charge is 2.12. The molecule has 2 aromatic rings. The van der Waals surface area contributed by atoms with E-state index in [1.165, 1.54) is 0 Å². The minimum Gasteiger partial charge on any atom is -0.493 e. The first-order valence-corrected chi connectivity index (χ1v) is 7.16. The summed E-state index contributed by atoms with van der Waals surface area (Å²) in [7, 11) is 0. The van der Waals surface area contributed by atoms with Crippen LogP contribution < -0.4 is 10.1 Å². The highest BCUT2D eigenvalue weighted by Crippen LogP contribution is 2.18. The highest BCUT2D eigenvalue weighted by atomic mass is 35.5. The molecule has 1 amide bonds. The van der Waals surface area contributed by atoms with Crippen LogP contribution in [0.15, 0.2) is 40.8 Å².